The van der Waals surface area contributed by atoms with Crippen LogP contribution in [0.2, 0.25) is 0 Å². The van der Waals surface area contributed by atoms with Crippen LogP contribution in [0.1, 0.15) is 54.3 Å². The van der Waals surface area contributed by atoms with Crippen molar-refractivity contribution in [1.82, 2.24) is 4.98 Å². The first-order valence-corrected chi connectivity index (χ1v) is 12.9. The number of esters is 1. The maximum Gasteiger partial charge on any atom is 0.350 e. The minimum Gasteiger partial charge on any atom is -0.462 e. The summed E-state index contributed by atoms with van der Waals surface area (Å²) in [5.74, 6) is -0.280. The predicted molar refractivity (Wildman–Crippen MR) is 121 cm³/mol. The number of rotatable bonds is 8. The van der Waals surface area contributed by atoms with E-state index in [-0.39, 0.29) is 17.4 Å². The van der Waals surface area contributed by atoms with Gasteiger partial charge in [-0.05, 0) is 37.0 Å². The average molecular weight is 463 g/mol. The average Bonchev–Trinajstić information content (AvgIpc) is 3.40. The lowest BCUT2D eigenvalue weighted by molar-refractivity contribution is -0.111. The van der Waals surface area contributed by atoms with Crippen LogP contribution in [-0.2, 0) is 19.4 Å². The number of ether oxygens (including phenoxy) is 1. The van der Waals surface area contributed by atoms with Gasteiger partial charge in [0.25, 0.3) is 5.91 Å². The molecule has 1 amide bonds. The quantitative estimate of drug-likeness (QED) is 0.463. The molecule has 3 rings (SSSR count). The summed E-state index contributed by atoms with van der Waals surface area (Å²) in [4.78, 5) is 29.5. The molecule has 0 unspecified atom stereocenters. The van der Waals surface area contributed by atoms with Crippen molar-refractivity contribution in [2.75, 3.05) is 18.2 Å². The van der Waals surface area contributed by atoms with Crippen LogP contribution in [0.5, 0.6) is 0 Å². The minimum atomic E-state index is -3.32. The fraction of sp³-hybridized carbons (Fsp3) is 0.409. The van der Waals surface area contributed by atoms with Gasteiger partial charge >= 0.3 is 5.97 Å². The van der Waals surface area contributed by atoms with Crippen molar-refractivity contribution in [3.63, 3.8) is 0 Å². The molecule has 0 radical (unpaired) electrons. The maximum absolute atomic E-state index is 13.1. The van der Waals surface area contributed by atoms with Crippen LogP contribution in [0.4, 0.5) is 5.13 Å². The SMILES string of the molecule is CCOC(=O)c1cnc(NC(=O)/C(=C/CC2CCCC2)c2ccc(S(C)(=O)=O)cc2)s1. The molecule has 2 aromatic rings. The van der Waals surface area contributed by atoms with Gasteiger partial charge in [0, 0.05) is 11.8 Å². The van der Waals surface area contributed by atoms with Crippen molar-refractivity contribution in [1.29, 1.82) is 0 Å². The van der Waals surface area contributed by atoms with Gasteiger partial charge in [0.2, 0.25) is 0 Å². The zero-order chi connectivity index (χ0) is 22.4. The molecule has 1 aromatic carbocycles. The smallest absolute Gasteiger partial charge is 0.350 e. The number of carbonyl (C=O) groups is 2. The Morgan fingerprint density at radius 3 is 2.52 bits per heavy atom. The van der Waals surface area contributed by atoms with E-state index in [9.17, 15) is 18.0 Å². The van der Waals surface area contributed by atoms with Crippen molar-refractivity contribution < 1.29 is 22.7 Å². The Labute approximate surface area is 186 Å². The normalized spacial score (nSPS) is 15.1. The van der Waals surface area contributed by atoms with Gasteiger partial charge in [-0.3, -0.25) is 10.1 Å². The first-order chi connectivity index (χ1) is 14.8. The van der Waals surface area contributed by atoms with Crippen LogP contribution in [0.15, 0.2) is 41.4 Å². The highest BCUT2D eigenvalue weighted by atomic mass is 32.2. The zero-order valence-electron chi connectivity index (χ0n) is 17.6. The van der Waals surface area contributed by atoms with E-state index in [1.165, 1.54) is 31.2 Å². The molecular formula is C22H26N2O5S2. The highest BCUT2D eigenvalue weighted by Gasteiger charge is 2.19. The van der Waals surface area contributed by atoms with Gasteiger partial charge in [0.15, 0.2) is 15.0 Å². The van der Waals surface area contributed by atoms with Crippen molar-refractivity contribution in [3.8, 4) is 0 Å². The van der Waals surface area contributed by atoms with Crippen LogP contribution in [0.3, 0.4) is 0 Å². The van der Waals surface area contributed by atoms with Crippen LogP contribution in [0.25, 0.3) is 5.57 Å². The lowest BCUT2D eigenvalue weighted by Crippen LogP contribution is -2.14. The van der Waals surface area contributed by atoms with Gasteiger partial charge in [0.05, 0.1) is 17.7 Å². The summed E-state index contributed by atoms with van der Waals surface area (Å²) in [6.07, 6.45) is 9.93. The molecule has 31 heavy (non-hydrogen) atoms. The molecule has 1 aliphatic rings. The Hall–Kier alpha value is -2.52. The van der Waals surface area contributed by atoms with E-state index in [1.54, 1.807) is 19.1 Å². The number of amides is 1. The van der Waals surface area contributed by atoms with Crippen molar-refractivity contribution in [2.45, 2.75) is 43.9 Å². The second-order valence-corrected chi connectivity index (χ2v) is 10.6. The van der Waals surface area contributed by atoms with Gasteiger partial charge < -0.3 is 4.74 Å². The monoisotopic (exact) mass is 462 g/mol. The number of allylic oxidation sites excluding steroid dienone is 1. The standard InChI is InChI=1S/C22H26N2O5S2/c1-3-29-21(26)19-14-23-22(30-19)24-20(25)18(13-8-15-6-4-5-7-15)16-9-11-17(12-10-16)31(2,27)28/h9-15H,3-8H2,1-2H3,(H,23,24,25)/b18-13+. The van der Waals surface area contributed by atoms with Crippen LogP contribution in [-0.4, -0.2) is 38.1 Å². The van der Waals surface area contributed by atoms with Crippen molar-refractivity contribution in [2.24, 2.45) is 5.92 Å². The van der Waals surface area contributed by atoms with Crippen LogP contribution in [0, 0.1) is 5.92 Å². The Morgan fingerprint density at radius 1 is 1.23 bits per heavy atom. The maximum atomic E-state index is 13.1. The third-order valence-corrected chi connectivity index (χ3v) is 7.19. The number of carbonyl (C=O) groups excluding carboxylic acids is 2. The molecule has 0 spiro atoms. The Bertz CT molecular complexity index is 1070. The Kier molecular flexibility index (Phi) is 7.61. The number of nitrogens with one attached hydrogen (secondary N) is 1. The molecule has 0 bridgehead atoms. The van der Waals surface area contributed by atoms with Gasteiger partial charge in [-0.1, -0.05) is 55.2 Å². The molecule has 0 aliphatic heterocycles. The van der Waals surface area contributed by atoms with E-state index in [4.69, 9.17) is 4.74 Å². The molecular weight excluding hydrogens is 436 g/mol. The number of nitrogens with zero attached hydrogens (tertiary/aromatic N) is 1. The number of benzene rings is 1. The van der Waals surface area contributed by atoms with Crippen LogP contribution >= 0.6 is 11.3 Å². The molecule has 1 saturated carbocycles. The summed E-state index contributed by atoms with van der Waals surface area (Å²) in [6, 6.07) is 6.29. The second kappa shape index (κ2) is 10.2. The lowest BCUT2D eigenvalue weighted by Gasteiger charge is -2.11. The summed E-state index contributed by atoms with van der Waals surface area (Å²) < 4.78 is 28.5. The molecule has 1 fully saturated rings. The largest absolute Gasteiger partial charge is 0.462 e. The summed E-state index contributed by atoms with van der Waals surface area (Å²) >= 11 is 1.05. The van der Waals surface area contributed by atoms with Crippen molar-refractivity contribution in [3.05, 3.63) is 47.0 Å². The minimum absolute atomic E-state index is 0.200. The molecule has 0 saturated heterocycles. The summed E-state index contributed by atoms with van der Waals surface area (Å²) in [5.41, 5.74) is 1.09. The molecule has 1 heterocycles. The number of sulfone groups is 1. The van der Waals surface area contributed by atoms with Crippen molar-refractivity contribution >= 4 is 43.8 Å². The van der Waals surface area contributed by atoms with E-state index in [0.29, 0.717) is 27.1 Å². The summed E-state index contributed by atoms with van der Waals surface area (Å²) in [6.45, 7) is 1.98. The third kappa shape index (κ3) is 6.24. The zero-order valence-corrected chi connectivity index (χ0v) is 19.2. The van der Waals surface area contributed by atoms with E-state index in [1.807, 2.05) is 6.08 Å². The summed E-state index contributed by atoms with van der Waals surface area (Å²) in [5, 5.41) is 3.05. The van der Waals surface area contributed by atoms with Gasteiger partial charge in [-0.25, -0.2) is 18.2 Å². The van der Waals surface area contributed by atoms with E-state index >= 15 is 0 Å². The van der Waals surface area contributed by atoms with E-state index < -0.39 is 15.8 Å². The van der Waals surface area contributed by atoms with E-state index in [0.717, 1.165) is 36.9 Å². The fourth-order valence-corrected chi connectivity index (χ4v) is 4.88. The molecule has 166 valence electrons. The number of hydrogen-bond donors (Lipinski definition) is 1. The van der Waals surface area contributed by atoms with Crippen LogP contribution < -0.4 is 5.32 Å². The van der Waals surface area contributed by atoms with Gasteiger partial charge in [-0.2, -0.15) is 0 Å². The van der Waals surface area contributed by atoms with Gasteiger partial charge in [-0.15, -0.1) is 0 Å². The summed E-state index contributed by atoms with van der Waals surface area (Å²) in [7, 11) is -3.32. The third-order valence-electron chi connectivity index (χ3n) is 5.17. The number of anilines is 1. The lowest BCUT2D eigenvalue weighted by atomic mass is 9.98. The predicted octanol–water partition coefficient (Wildman–Crippen LogP) is 4.33. The Balaban J connectivity index is 1.82. The number of aromatic nitrogens is 1. The van der Waals surface area contributed by atoms with Gasteiger partial charge in [0.1, 0.15) is 4.88 Å². The number of thiazole rings is 1. The van der Waals surface area contributed by atoms with E-state index in [2.05, 4.69) is 10.3 Å². The molecule has 9 heteroatoms. The number of hydrogen-bond acceptors (Lipinski definition) is 7. The highest BCUT2D eigenvalue weighted by molar-refractivity contribution is 7.90. The fourth-order valence-electron chi connectivity index (χ4n) is 3.55. The molecule has 1 aromatic heterocycles. The highest BCUT2D eigenvalue weighted by Crippen LogP contribution is 2.30. The molecule has 0 atom stereocenters. The molecule has 7 nitrogen and oxygen atoms in total. The Morgan fingerprint density at radius 2 is 1.90 bits per heavy atom. The second-order valence-electron chi connectivity index (χ2n) is 7.50. The topological polar surface area (TPSA) is 102 Å². The first kappa shape index (κ1) is 23.1. The molecule has 1 N–H and O–H groups in total. The molecule has 1 aliphatic carbocycles. The first-order valence-electron chi connectivity index (χ1n) is 10.2.